The smallest absolute Gasteiger partial charge is 0.256 e. The lowest BCUT2D eigenvalue weighted by molar-refractivity contribution is 0.0131. The minimum absolute atomic E-state index is 0.118. The summed E-state index contributed by atoms with van der Waals surface area (Å²) in [6.45, 7) is 7.86. The maximum Gasteiger partial charge on any atom is 0.256 e. The van der Waals surface area contributed by atoms with E-state index in [0.29, 0.717) is 55.3 Å². The molecule has 3 fully saturated rings. The SMILES string of the molecule is CN1CCN(Cc2ccc(C#Cc3cnc(Nc4ccnc(-c5cnn(S(=O)(=O)C6CC6)c5)n4)cc3C3CC(C)(O)CCN3)cc2)CC1. The molecule has 1 aromatic carbocycles. The van der Waals surface area contributed by atoms with Gasteiger partial charge in [0.1, 0.15) is 11.6 Å². The zero-order valence-corrected chi connectivity index (χ0v) is 28.1. The van der Waals surface area contributed by atoms with Gasteiger partial charge in [0.05, 0.1) is 28.8 Å². The zero-order valence-electron chi connectivity index (χ0n) is 27.3. The molecule has 3 aliphatic rings. The fourth-order valence-electron chi connectivity index (χ4n) is 6.16. The Kier molecular flexibility index (Phi) is 9.02. The molecule has 7 rings (SSSR count). The maximum atomic E-state index is 12.6. The van der Waals surface area contributed by atoms with Crippen LogP contribution < -0.4 is 10.6 Å². The zero-order chi connectivity index (χ0) is 33.3. The van der Waals surface area contributed by atoms with Crippen molar-refractivity contribution in [2.24, 2.45) is 0 Å². The van der Waals surface area contributed by atoms with E-state index < -0.39 is 15.6 Å². The molecule has 3 aromatic heterocycles. The second-order valence-corrected chi connectivity index (χ2v) is 15.4. The first-order valence-electron chi connectivity index (χ1n) is 16.5. The molecule has 2 unspecified atom stereocenters. The van der Waals surface area contributed by atoms with E-state index >= 15 is 0 Å². The fourth-order valence-corrected chi connectivity index (χ4v) is 7.63. The third-order valence-corrected chi connectivity index (χ3v) is 11.3. The normalized spacial score (nSPS) is 22.2. The van der Waals surface area contributed by atoms with E-state index in [0.717, 1.165) is 53.5 Å². The van der Waals surface area contributed by atoms with Crippen LogP contribution in [0.3, 0.4) is 0 Å². The van der Waals surface area contributed by atoms with E-state index in [2.05, 4.69) is 83.6 Å². The van der Waals surface area contributed by atoms with Crippen LogP contribution in [0.25, 0.3) is 11.4 Å². The van der Waals surface area contributed by atoms with Crippen molar-refractivity contribution in [1.29, 1.82) is 0 Å². The highest BCUT2D eigenvalue weighted by molar-refractivity contribution is 7.90. The summed E-state index contributed by atoms with van der Waals surface area (Å²) >= 11 is 0. The predicted molar refractivity (Wildman–Crippen MR) is 184 cm³/mol. The van der Waals surface area contributed by atoms with Crippen LogP contribution in [0.2, 0.25) is 0 Å². The summed E-state index contributed by atoms with van der Waals surface area (Å²) in [7, 11) is -1.32. The van der Waals surface area contributed by atoms with E-state index in [1.807, 2.05) is 13.0 Å². The molecule has 2 aliphatic heterocycles. The number of piperazine rings is 1. The van der Waals surface area contributed by atoms with Crippen LogP contribution in [0.4, 0.5) is 11.6 Å². The number of pyridine rings is 1. The summed E-state index contributed by atoms with van der Waals surface area (Å²) in [5, 5.41) is 21.4. The highest BCUT2D eigenvalue weighted by Crippen LogP contribution is 2.33. The first kappa shape index (κ1) is 32.4. The number of hydrogen-bond donors (Lipinski definition) is 3. The number of benzene rings is 1. The van der Waals surface area contributed by atoms with Gasteiger partial charge in [-0.25, -0.2) is 23.4 Å². The largest absolute Gasteiger partial charge is 0.390 e. The summed E-state index contributed by atoms with van der Waals surface area (Å²) < 4.78 is 26.2. The van der Waals surface area contributed by atoms with Crippen LogP contribution in [0.5, 0.6) is 0 Å². The molecular weight excluding hydrogens is 627 g/mol. The van der Waals surface area contributed by atoms with Crippen LogP contribution >= 0.6 is 0 Å². The Labute approximate surface area is 281 Å². The third kappa shape index (κ3) is 7.59. The summed E-state index contributed by atoms with van der Waals surface area (Å²) in [5.74, 6) is 8.08. The quantitative estimate of drug-likeness (QED) is 0.239. The van der Waals surface area contributed by atoms with Gasteiger partial charge >= 0.3 is 0 Å². The van der Waals surface area contributed by atoms with E-state index in [1.54, 1.807) is 18.5 Å². The molecule has 0 bridgehead atoms. The number of likely N-dealkylation sites (N-methyl/N-ethyl adjacent to an activating group) is 1. The Morgan fingerprint density at radius 2 is 1.83 bits per heavy atom. The average molecular weight is 668 g/mol. The molecule has 0 spiro atoms. The second kappa shape index (κ2) is 13.4. The van der Waals surface area contributed by atoms with Crippen LogP contribution in [0, 0.1) is 11.8 Å². The van der Waals surface area contributed by atoms with Crippen molar-refractivity contribution in [3.8, 4) is 23.2 Å². The molecule has 0 amide bonds. The summed E-state index contributed by atoms with van der Waals surface area (Å²) in [6, 6.07) is 12.0. The molecular formula is C35H41N9O3S. The average Bonchev–Trinajstić information content (AvgIpc) is 3.82. The van der Waals surface area contributed by atoms with Crippen molar-refractivity contribution in [3.63, 3.8) is 0 Å². The van der Waals surface area contributed by atoms with Crippen molar-refractivity contribution < 1.29 is 13.5 Å². The Morgan fingerprint density at radius 1 is 1.04 bits per heavy atom. The Balaban J connectivity index is 1.11. The number of hydrogen-bond acceptors (Lipinski definition) is 11. The van der Waals surface area contributed by atoms with Crippen molar-refractivity contribution in [3.05, 3.63) is 83.4 Å². The maximum absolute atomic E-state index is 12.6. The molecule has 12 nitrogen and oxygen atoms in total. The molecule has 2 saturated heterocycles. The first-order chi connectivity index (χ1) is 23.1. The number of anilines is 2. The van der Waals surface area contributed by atoms with Crippen molar-refractivity contribution >= 4 is 21.7 Å². The molecule has 0 radical (unpaired) electrons. The molecule has 1 saturated carbocycles. The second-order valence-electron chi connectivity index (χ2n) is 13.4. The third-order valence-electron chi connectivity index (χ3n) is 9.24. The van der Waals surface area contributed by atoms with E-state index in [-0.39, 0.29) is 11.3 Å². The Bertz CT molecular complexity index is 1940. The van der Waals surface area contributed by atoms with Gasteiger partial charge in [-0.15, -0.1) is 0 Å². The minimum Gasteiger partial charge on any atom is -0.390 e. The van der Waals surface area contributed by atoms with Gasteiger partial charge in [-0.1, -0.05) is 24.0 Å². The molecule has 2 atom stereocenters. The molecule has 3 N–H and O–H groups in total. The summed E-state index contributed by atoms with van der Waals surface area (Å²) in [4.78, 5) is 18.5. The van der Waals surface area contributed by atoms with Gasteiger partial charge in [0, 0.05) is 62.3 Å². The number of nitrogens with zero attached hydrogens (tertiary/aromatic N) is 7. The van der Waals surface area contributed by atoms with Crippen LogP contribution in [-0.2, 0) is 16.6 Å². The lowest BCUT2D eigenvalue weighted by Gasteiger charge is -2.35. The van der Waals surface area contributed by atoms with Crippen LogP contribution in [-0.4, -0.2) is 98.1 Å². The van der Waals surface area contributed by atoms with Gasteiger partial charge in [-0.2, -0.15) is 9.19 Å². The molecule has 48 heavy (non-hydrogen) atoms. The molecule has 250 valence electrons. The van der Waals surface area contributed by atoms with Crippen molar-refractivity contribution in [1.82, 2.24) is 39.3 Å². The van der Waals surface area contributed by atoms with Crippen LogP contribution in [0.1, 0.15) is 60.9 Å². The van der Waals surface area contributed by atoms with Gasteiger partial charge in [0.2, 0.25) is 0 Å². The first-order valence-corrected chi connectivity index (χ1v) is 18.0. The lowest BCUT2D eigenvalue weighted by atomic mass is 9.85. The van der Waals surface area contributed by atoms with Gasteiger partial charge in [0.15, 0.2) is 5.82 Å². The Hall–Kier alpha value is -4.19. The fraction of sp³-hybridized carbons (Fsp3) is 0.429. The molecule has 5 heterocycles. The van der Waals surface area contributed by atoms with E-state index in [4.69, 9.17) is 0 Å². The standard InChI is InChI=1S/C35H41N9O3S/c1-35(45)12-14-36-31(20-35)30-19-33(40-32-11-13-37-34(41-32)28-22-39-44(24-28)48(46,47)29-9-10-29)38-21-27(30)8-7-25-3-5-26(6-4-25)23-43-17-15-42(2)16-18-43/h3-6,11,13,19,21-22,24,29,31,36,45H,9-10,12,14-18,20,23H2,1-2H3,(H,37,38,40,41). The van der Waals surface area contributed by atoms with Gasteiger partial charge in [-0.3, -0.25) is 4.90 Å². The Morgan fingerprint density at radius 3 is 2.58 bits per heavy atom. The number of piperidine rings is 1. The number of aliphatic hydroxyl groups is 1. The monoisotopic (exact) mass is 667 g/mol. The van der Waals surface area contributed by atoms with E-state index in [9.17, 15) is 13.5 Å². The minimum atomic E-state index is -3.48. The number of rotatable bonds is 8. The van der Waals surface area contributed by atoms with Gasteiger partial charge in [0.25, 0.3) is 10.0 Å². The van der Waals surface area contributed by atoms with Gasteiger partial charge < -0.3 is 20.6 Å². The van der Waals surface area contributed by atoms with Crippen molar-refractivity contribution in [2.75, 3.05) is 45.1 Å². The summed E-state index contributed by atoms with van der Waals surface area (Å²) in [5.41, 5.74) is 3.63. The highest BCUT2D eigenvalue weighted by Gasteiger charge is 2.38. The van der Waals surface area contributed by atoms with Crippen LogP contribution in [0.15, 0.2) is 61.2 Å². The predicted octanol–water partition coefficient (Wildman–Crippen LogP) is 3.14. The number of aromatic nitrogens is 5. The van der Waals surface area contributed by atoms with E-state index in [1.165, 1.54) is 18.0 Å². The van der Waals surface area contributed by atoms with Gasteiger partial charge in [-0.05, 0) is 81.6 Å². The molecule has 4 aromatic rings. The lowest BCUT2D eigenvalue weighted by Crippen LogP contribution is -2.43. The molecule has 1 aliphatic carbocycles. The highest BCUT2D eigenvalue weighted by atomic mass is 32.2. The molecule has 13 heteroatoms. The number of nitrogens with one attached hydrogen (secondary N) is 2. The summed E-state index contributed by atoms with van der Waals surface area (Å²) in [6.07, 6.45) is 8.81. The topological polar surface area (TPSA) is 141 Å². The van der Waals surface area contributed by atoms with Crippen molar-refractivity contribution in [2.45, 2.75) is 56.0 Å².